The maximum absolute atomic E-state index is 12.0. The second-order valence-corrected chi connectivity index (χ2v) is 5.00. The summed E-state index contributed by atoms with van der Waals surface area (Å²) < 4.78 is 5.27. The maximum atomic E-state index is 12.0. The summed E-state index contributed by atoms with van der Waals surface area (Å²) >= 11 is 0. The van der Waals surface area contributed by atoms with Gasteiger partial charge in [0, 0.05) is 6.42 Å². The number of nitrogens with zero attached hydrogens (tertiary/aromatic N) is 1. The Morgan fingerprint density at radius 1 is 1.00 bits per heavy atom. The lowest BCUT2D eigenvalue weighted by Crippen LogP contribution is -2.21. The monoisotopic (exact) mass is 311 g/mol. The van der Waals surface area contributed by atoms with Crippen molar-refractivity contribution in [2.24, 2.45) is 16.5 Å². The molecule has 0 saturated heterocycles. The second-order valence-electron chi connectivity index (χ2n) is 5.00. The molecule has 2 rings (SSSR count). The van der Waals surface area contributed by atoms with Gasteiger partial charge in [-0.05, 0) is 48.9 Å². The van der Waals surface area contributed by atoms with Gasteiger partial charge in [-0.25, -0.2) is 9.79 Å². The largest absolute Gasteiger partial charge is 0.423 e. The molecule has 2 aromatic carbocycles. The lowest BCUT2D eigenvalue weighted by Gasteiger charge is -2.05. The average molecular weight is 311 g/mol. The minimum Gasteiger partial charge on any atom is -0.423 e. The van der Waals surface area contributed by atoms with Crippen LogP contribution in [-0.4, -0.2) is 17.7 Å². The SMILES string of the molecule is CC(=O)Cc1ccc(OC(=O)c2ccc(N=C(N)N)cc2)cc1. The van der Waals surface area contributed by atoms with E-state index in [1.165, 1.54) is 6.92 Å². The van der Waals surface area contributed by atoms with Crippen molar-refractivity contribution >= 4 is 23.4 Å². The Hall–Kier alpha value is -3.15. The van der Waals surface area contributed by atoms with Crippen molar-refractivity contribution < 1.29 is 14.3 Å². The third-order valence-corrected chi connectivity index (χ3v) is 2.95. The standard InChI is InChI=1S/C17H17N3O3/c1-11(21)10-12-2-8-15(9-3-12)23-16(22)13-4-6-14(7-5-13)20-17(18)19/h2-9H,10H2,1H3,(H4,18,19,20). The first kappa shape index (κ1) is 16.2. The topological polar surface area (TPSA) is 108 Å². The maximum Gasteiger partial charge on any atom is 0.343 e. The first-order chi connectivity index (χ1) is 10.9. The molecule has 0 aliphatic heterocycles. The highest BCUT2D eigenvalue weighted by molar-refractivity contribution is 5.91. The molecule has 0 radical (unpaired) electrons. The number of hydrogen-bond acceptors (Lipinski definition) is 4. The van der Waals surface area contributed by atoms with E-state index in [0.29, 0.717) is 23.4 Å². The van der Waals surface area contributed by atoms with Gasteiger partial charge in [-0.2, -0.15) is 0 Å². The molecule has 0 heterocycles. The summed E-state index contributed by atoms with van der Waals surface area (Å²) in [6.45, 7) is 1.53. The van der Waals surface area contributed by atoms with E-state index in [4.69, 9.17) is 16.2 Å². The van der Waals surface area contributed by atoms with Crippen molar-refractivity contribution in [3.63, 3.8) is 0 Å². The van der Waals surface area contributed by atoms with Gasteiger partial charge in [0.1, 0.15) is 11.5 Å². The fraction of sp³-hybridized carbons (Fsp3) is 0.118. The predicted molar refractivity (Wildman–Crippen MR) is 87.7 cm³/mol. The van der Waals surface area contributed by atoms with Crippen molar-refractivity contribution in [2.75, 3.05) is 0 Å². The van der Waals surface area contributed by atoms with Crippen LogP contribution in [0.4, 0.5) is 5.69 Å². The molecule has 0 saturated carbocycles. The van der Waals surface area contributed by atoms with Gasteiger partial charge in [-0.3, -0.25) is 4.79 Å². The van der Waals surface area contributed by atoms with Gasteiger partial charge in [0.25, 0.3) is 0 Å². The van der Waals surface area contributed by atoms with Crippen LogP contribution in [0.15, 0.2) is 53.5 Å². The number of hydrogen-bond donors (Lipinski definition) is 2. The summed E-state index contributed by atoms with van der Waals surface area (Å²) in [5.41, 5.74) is 12.4. The Morgan fingerprint density at radius 2 is 1.61 bits per heavy atom. The number of esters is 1. The van der Waals surface area contributed by atoms with Crippen LogP contribution in [0.25, 0.3) is 0 Å². The van der Waals surface area contributed by atoms with Gasteiger partial charge < -0.3 is 16.2 Å². The highest BCUT2D eigenvalue weighted by atomic mass is 16.5. The number of aliphatic imine (C=N–C) groups is 1. The minimum atomic E-state index is -0.486. The van der Waals surface area contributed by atoms with E-state index >= 15 is 0 Å². The summed E-state index contributed by atoms with van der Waals surface area (Å²) in [6.07, 6.45) is 0.362. The van der Waals surface area contributed by atoms with Gasteiger partial charge in [0.2, 0.25) is 0 Å². The molecule has 0 unspecified atom stereocenters. The lowest BCUT2D eigenvalue weighted by atomic mass is 10.1. The van der Waals surface area contributed by atoms with Crippen molar-refractivity contribution in [2.45, 2.75) is 13.3 Å². The van der Waals surface area contributed by atoms with E-state index < -0.39 is 5.97 Å². The van der Waals surface area contributed by atoms with Crippen LogP contribution >= 0.6 is 0 Å². The Labute approximate surface area is 133 Å². The molecule has 0 aliphatic carbocycles. The minimum absolute atomic E-state index is 0.0500. The zero-order valence-electron chi connectivity index (χ0n) is 12.7. The van der Waals surface area contributed by atoms with Gasteiger partial charge in [-0.1, -0.05) is 12.1 Å². The predicted octanol–water partition coefficient (Wildman–Crippen LogP) is 1.94. The van der Waals surface area contributed by atoms with Crippen LogP contribution in [0.1, 0.15) is 22.8 Å². The molecular weight excluding hydrogens is 294 g/mol. The van der Waals surface area contributed by atoms with Crippen LogP contribution in [0.5, 0.6) is 5.75 Å². The number of Topliss-reactive ketones (excluding diaryl/α,β-unsaturated/α-hetero) is 1. The number of guanidine groups is 1. The van der Waals surface area contributed by atoms with Crippen LogP contribution in [0.2, 0.25) is 0 Å². The third-order valence-electron chi connectivity index (χ3n) is 2.95. The number of carbonyl (C=O) groups excluding carboxylic acids is 2. The van der Waals surface area contributed by atoms with E-state index in [-0.39, 0.29) is 11.7 Å². The number of ether oxygens (including phenoxy) is 1. The molecular formula is C17H17N3O3. The summed E-state index contributed by atoms with van der Waals surface area (Å²) in [5.74, 6) is -0.0437. The lowest BCUT2D eigenvalue weighted by molar-refractivity contribution is -0.116. The Morgan fingerprint density at radius 3 is 2.13 bits per heavy atom. The summed E-state index contributed by atoms with van der Waals surface area (Å²) in [7, 11) is 0. The van der Waals surface area contributed by atoms with Gasteiger partial charge in [-0.15, -0.1) is 0 Å². The zero-order valence-corrected chi connectivity index (χ0v) is 12.7. The number of benzene rings is 2. The van der Waals surface area contributed by atoms with Gasteiger partial charge in [0.15, 0.2) is 5.96 Å². The highest BCUT2D eigenvalue weighted by Gasteiger charge is 2.08. The fourth-order valence-corrected chi connectivity index (χ4v) is 1.95. The molecule has 0 fully saturated rings. The van der Waals surface area contributed by atoms with E-state index in [1.54, 1.807) is 48.5 Å². The molecule has 0 spiro atoms. The Kier molecular flexibility index (Phi) is 5.09. The van der Waals surface area contributed by atoms with E-state index in [9.17, 15) is 9.59 Å². The molecule has 4 N–H and O–H groups in total. The molecule has 6 nitrogen and oxygen atoms in total. The van der Waals surface area contributed by atoms with Crippen LogP contribution in [-0.2, 0) is 11.2 Å². The summed E-state index contributed by atoms with van der Waals surface area (Å²) in [6, 6.07) is 13.2. The third kappa shape index (κ3) is 4.96. The number of rotatable bonds is 5. The quantitative estimate of drug-likeness (QED) is 0.380. The van der Waals surface area contributed by atoms with E-state index in [0.717, 1.165) is 5.56 Å². The van der Waals surface area contributed by atoms with Gasteiger partial charge in [0.05, 0.1) is 11.3 Å². The smallest absolute Gasteiger partial charge is 0.343 e. The second kappa shape index (κ2) is 7.22. The first-order valence-electron chi connectivity index (χ1n) is 6.94. The Bertz CT molecular complexity index is 731. The summed E-state index contributed by atoms with van der Waals surface area (Å²) in [5, 5.41) is 0. The van der Waals surface area contributed by atoms with Crippen molar-refractivity contribution in [1.29, 1.82) is 0 Å². The van der Waals surface area contributed by atoms with Gasteiger partial charge >= 0.3 is 5.97 Å². The molecule has 0 aliphatic rings. The zero-order chi connectivity index (χ0) is 16.8. The normalized spacial score (nSPS) is 9.96. The molecule has 6 heteroatoms. The Balaban J connectivity index is 2.03. The van der Waals surface area contributed by atoms with Crippen molar-refractivity contribution in [3.8, 4) is 5.75 Å². The number of ketones is 1. The molecule has 0 amide bonds. The molecule has 118 valence electrons. The van der Waals surface area contributed by atoms with Crippen molar-refractivity contribution in [3.05, 3.63) is 59.7 Å². The molecule has 23 heavy (non-hydrogen) atoms. The molecule has 0 bridgehead atoms. The fourth-order valence-electron chi connectivity index (χ4n) is 1.95. The number of nitrogens with two attached hydrogens (primary N) is 2. The molecule has 2 aromatic rings. The average Bonchev–Trinajstić information content (AvgIpc) is 2.49. The van der Waals surface area contributed by atoms with E-state index in [2.05, 4.69) is 4.99 Å². The first-order valence-corrected chi connectivity index (χ1v) is 6.94. The van der Waals surface area contributed by atoms with E-state index in [1.807, 2.05) is 0 Å². The van der Waals surface area contributed by atoms with Crippen LogP contribution in [0, 0.1) is 0 Å². The van der Waals surface area contributed by atoms with Crippen LogP contribution in [0.3, 0.4) is 0 Å². The van der Waals surface area contributed by atoms with Crippen molar-refractivity contribution in [1.82, 2.24) is 0 Å². The number of carbonyl (C=O) groups is 2. The molecule has 0 aromatic heterocycles. The molecule has 0 atom stereocenters. The highest BCUT2D eigenvalue weighted by Crippen LogP contribution is 2.17. The summed E-state index contributed by atoms with van der Waals surface area (Å²) in [4.78, 5) is 27.0. The van der Waals surface area contributed by atoms with Crippen LogP contribution < -0.4 is 16.2 Å².